The smallest absolute Gasteiger partial charge is 0.325 e. The minimum Gasteiger partial charge on any atom is -0.481 e. The summed E-state index contributed by atoms with van der Waals surface area (Å²) in [7, 11) is 1.57. The third-order valence-corrected chi connectivity index (χ3v) is 5.01. The Hall–Kier alpha value is -1.89. The van der Waals surface area contributed by atoms with Crippen LogP contribution >= 0.6 is 12.2 Å². The van der Waals surface area contributed by atoms with Gasteiger partial charge in [0.15, 0.2) is 0 Å². The third-order valence-electron chi connectivity index (χ3n) is 4.72. The van der Waals surface area contributed by atoms with Gasteiger partial charge in [0.2, 0.25) is 5.88 Å². The number of hydrogen-bond donors (Lipinski definition) is 1. The number of thiocarbonyl (C=S) groups is 1. The van der Waals surface area contributed by atoms with Gasteiger partial charge in [0, 0.05) is 23.9 Å². The second-order valence-corrected chi connectivity index (χ2v) is 6.68. The van der Waals surface area contributed by atoms with Crippen LogP contribution in [0.1, 0.15) is 50.7 Å². The van der Waals surface area contributed by atoms with Crippen molar-refractivity contribution >= 4 is 23.4 Å². The quantitative estimate of drug-likeness (QED) is 0.849. The molecule has 1 saturated carbocycles. The van der Waals surface area contributed by atoms with E-state index >= 15 is 0 Å². The Bertz CT molecular complexity index is 602. The number of aromatic nitrogens is 1. The average molecular weight is 349 g/mol. The van der Waals surface area contributed by atoms with Crippen molar-refractivity contribution in [2.24, 2.45) is 0 Å². The van der Waals surface area contributed by atoms with Gasteiger partial charge in [-0.05, 0) is 38.0 Å². The van der Waals surface area contributed by atoms with E-state index in [1.807, 2.05) is 13.0 Å². The van der Waals surface area contributed by atoms with E-state index in [2.05, 4.69) is 10.3 Å². The first-order valence-corrected chi connectivity index (χ1v) is 8.81. The van der Waals surface area contributed by atoms with E-state index in [4.69, 9.17) is 21.7 Å². The highest BCUT2D eigenvalue weighted by Crippen LogP contribution is 2.33. The number of hydrogen-bond acceptors (Lipinski definition) is 5. The normalized spacial score (nSPS) is 24.6. The molecule has 3 rings (SSSR count). The second kappa shape index (κ2) is 7.34. The van der Waals surface area contributed by atoms with Crippen molar-refractivity contribution in [2.75, 3.05) is 7.11 Å². The van der Waals surface area contributed by atoms with E-state index in [1.54, 1.807) is 24.3 Å². The summed E-state index contributed by atoms with van der Waals surface area (Å²) < 4.78 is 10.8. The summed E-state index contributed by atoms with van der Waals surface area (Å²) in [6, 6.07) is 3.56. The van der Waals surface area contributed by atoms with Crippen LogP contribution in [0.15, 0.2) is 18.3 Å². The van der Waals surface area contributed by atoms with Gasteiger partial charge in [-0.1, -0.05) is 19.3 Å². The molecular formula is C17H23N3O3S. The number of carbonyl (C=O) groups is 1. The molecule has 1 N–H and O–H groups in total. The van der Waals surface area contributed by atoms with Crippen LogP contribution in [-0.2, 0) is 4.74 Å². The van der Waals surface area contributed by atoms with E-state index in [0.717, 1.165) is 18.4 Å². The number of nitrogens with one attached hydrogen (secondary N) is 1. The van der Waals surface area contributed by atoms with Gasteiger partial charge in [-0.3, -0.25) is 0 Å². The molecule has 2 heterocycles. The molecule has 7 heteroatoms. The largest absolute Gasteiger partial charge is 0.481 e. The SMILES string of the molecule is COc1ccc([C@@H]2OC(=S)N(C(=O)NC3CCCCC3)[C@@H]2C)cn1. The zero-order valence-electron chi connectivity index (χ0n) is 14.0. The Kier molecular flexibility index (Phi) is 5.18. The van der Waals surface area contributed by atoms with Crippen LogP contribution in [0.4, 0.5) is 4.79 Å². The van der Waals surface area contributed by atoms with Crippen LogP contribution in [0.25, 0.3) is 0 Å². The van der Waals surface area contributed by atoms with Gasteiger partial charge in [0.1, 0.15) is 6.10 Å². The van der Waals surface area contributed by atoms with E-state index in [1.165, 1.54) is 19.3 Å². The van der Waals surface area contributed by atoms with Gasteiger partial charge >= 0.3 is 6.03 Å². The van der Waals surface area contributed by atoms with E-state index in [-0.39, 0.29) is 29.4 Å². The first kappa shape index (κ1) is 17.0. The molecule has 0 radical (unpaired) electrons. The highest BCUT2D eigenvalue weighted by atomic mass is 32.1. The molecular weight excluding hydrogens is 326 g/mol. The van der Waals surface area contributed by atoms with Gasteiger partial charge < -0.3 is 14.8 Å². The van der Waals surface area contributed by atoms with Crippen molar-refractivity contribution < 1.29 is 14.3 Å². The number of amides is 2. The summed E-state index contributed by atoms with van der Waals surface area (Å²) in [5.41, 5.74) is 0.874. The van der Waals surface area contributed by atoms with Gasteiger partial charge in [-0.15, -0.1) is 0 Å². The Morgan fingerprint density at radius 3 is 2.75 bits per heavy atom. The minimum absolute atomic E-state index is 0.164. The molecule has 6 nitrogen and oxygen atoms in total. The van der Waals surface area contributed by atoms with Gasteiger partial charge in [-0.25, -0.2) is 14.7 Å². The van der Waals surface area contributed by atoms with Crippen molar-refractivity contribution in [1.82, 2.24) is 15.2 Å². The molecule has 1 aliphatic heterocycles. The summed E-state index contributed by atoms with van der Waals surface area (Å²) in [6.07, 6.45) is 7.04. The summed E-state index contributed by atoms with van der Waals surface area (Å²) in [5.74, 6) is 0.541. The van der Waals surface area contributed by atoms with Gasteiger partial charge in [-0.2, -0.15) is 0 Å². The predicted molar refractivity (Wildman–Crippen MR) is 93.9 cm³/mol. The highest BCUT2D eigenvalue weighted by molar-refractivity contribution is 7.80. The highest BCUT2D eigenvalue weighted by Gasteiger charge is 2.41. The number of methoxy groups -OCH3 is 1. The fourth-order valence-electron chi connectivity index (χ4n) is 3.35. The molecule has 1 saturated heterocycles. The first-order chi connectivity index (χ1) is 11.6. The predicted octanol–water partition coefficient (Wildman–Crippen LogP) is 3.18. The number of nitrogens with zero attached hydrogens (tertiary/aromatic N) is 2. The maximum atomic E-state index is 12.6. The van der Waals surface area contributed by atoms with Crippen LogP contribution in [-0.4, -0.2) is 40.3 Å². The van der Waals surface area contributed by atoms with E-state index < -0.39 is 0 Å². The summed E-state index contributed by atoms with van der Waals surface area (Å²) in [5, 5.41) is 3.31. The third kappa shape index (κ3) is 3.45. The van der Waals surface area contributed by atoms with Crippen molar-refractivity contribution in [1.29, 1.82) is 0 Å². The number of urea groups is 1. The number of carbonyl (C=O) groups excluding carboxylic acids is 1. The Morgan fingerprint density at radius 2 is 2.12 bits per heavy atom. The Labute approximate surface area is 147 Å². The number of pyridine rings is 1. The lowest BCUT2D eigenvalue weighted by atomic mass is 9.96. The topological polar surface area (TPSA) is 63.7 Å². The maximum Gasteiger partial charge on any atom is 0.325 e. The van der Waals surface area contributed by atoms with Crippen LogP contribution in [0.2, 0.25) is 0 Å². The molecule has 2 aliphatic rings. The Morgan fingerprint density at radius 1 is 1.38 bits per heavy atom. The molecule has 1 aromatic heterocycles. The molecule has 0 spiro atoms. The van der Waals surface area contributed by atoms with Crippen LogP contribution < -0.4 is 10.1 Å². The fourth-order valence-corrected chi connectivity index (χ4v) is 3.70. The molecule has 1 aromatic rings. The summed E-state index contributed by atoms with van der Waals surface area (Å²) in [6.45, 7) is 1.94. The van der Waals surface area contributed by atoms with E-state index in [9.17, 15) is 4.79 Å². The zero-order valence-corrected chi connectivity index (χ0v) is 14.8. The molecule has 130 valence electrons. The van der Waals surface area contributed by atoms with Crippen molar-refractivity contribution in [3.63, 3.8) is 0 Å². The van der Waals surface area contributed by atoms with Crippen LogP contribution in [0.5, 0.6) is 5.88 Å². The lowest BCUT2D eigenvalue weighted by Crippen LogP contribution is -2.48. The maximum absolute atomic E-state index is 12.6. The molecule has 0 unspecified atom stereocenters. The van der Waals surface area contributed by atoms with Crippen molar-refractivity contribution in [3.05, 3.63) is 23.9 Å². The monoisotopic (exact) mass is 349 g/mol. The Balaban J connectivity index is 1.68. The lowest BCUT2D eigenvalue weighted by Gasteiger charge is -2.27. The number of ether oxygens (including phenoxy) is 2. The molecule has 1 aliphatic carbocycles. The zero-order chi connectivity index (χ0) is 17.1. The molecule has 0 bridgehead atoms. The van der Waals surface area contributed by atoms with Crippen molar-refractivity contribution in [3.8, 4) is 5.88 Å². The van der Waals surface area contributed by atoms with Crippen LogP contribution in [0, 0.1) is 0 Å². The molecule has 2 fully saturated rings. The molecule has 2 atom stereocenters. The first-order valence-electron chi connectivity index (χ1n) is 8.40. The number of rotatable bonds is 3. The standard InChI is InChI=1S/C17H23N3O3S/c1-11-15(12-8-9-14(22-2)18-10-12)23-17(24)20(11)16(21)19-13-6-4-3-5-7-13/h8-11,13,15H,3-7H2,1-2H3,(H,19,21)/t11-,15-/m1/s1. The average Bonchev–Trinajstić information content (AvgIpc) is 2.90. The minimum atomic E-state index is -0.312. The molecule has 0 aromatic carbocycles. The second-order valence-electron chi connectivity index (χ2n) is 6.33. The summed E-state index contributed by atoms with van der Waals surface area (Å²) in [4.78, 5) is 18.4. The van der Waals surface area contributed by atoms with E-state index in [0.29, 0.717) is 5.88 Å². The fraction of sp³-hybridized carbons (Fsp3) is 0.588. The molecule has 2 amide bonds. The lowest BCUT2D eigenvalue weighted by molar-refractivity contribution is 0.188. The van der Waals surface area contributed by atoms with Gasteiger partial charge in [0.05, 0.1) is 13.2 Å². The van der Waals surface area contributed by atoms with Gasteiger partial charge in [0.25, 0.3) is 5.17 Å². The molecule has 24 heavy (non-hydrogen) atoms. The summed E-state index contributed by atoms with van der Waals surface area (Å²) >= 11 is 5.28. The van der Waals surface area contributed by atoms with Crippen LogP contribution in [0.3, 0.4) is 0 Å². The van der Waals surface area contributed by atoms with Crippen molar-refractivity contribution in [2.45, 2.75) is 57.2 Å².